The molecule has 3 rings (SSSR count). The first kappa shape index (κ1) is 17.4. The third-order valence-electron chi connectivity index (χ3n) is 4.06. The van der Waals surface area contributed by atoms with Gasteiger partial charge in [0.2, 0.25) is 0 Å². The molecule has 2 aromatic rings. The topological polar surface area (TPSA) is 63.7 Å². The molecule has 0 bridgehead atoms. The van der Waals surface area contributed by atoms with Gasteiger partial charge in [-0.1, -0.05) is 6.07 Å². The van der Waals surface area contributed by atoms with Crippen molar-refractivity contribution in [3.05, 3.63) is 59.9 Å². The van der Waals surface area contributed by atoms with E-state index in [1.165, 1.54) is 0 Å². The molecule has 25 heavy (non-hydrogen) atoms. The number of hydrogen-bond donors (Lipinski definition) is 1. The summed E-state index contributed by atoms with van der Waals surface area (Å²) >= 11 is 0. The number of carbonyl (C=O) groups excluding carboxylic acids is 1. The minimum absolute atomic E-state index is 0.0629. The van der Waals surface area contributed by atoms with E-state index in [0.29, 0.717) is 18.7 Å². The lowest BCUT2D eigenvalue weighted by Crippen LogP contribution is -2.41. The number of benzene rings is 1. The van der Waals surface area contributed by atoms with Crippen LogP contribution in [0.25, 0.3) is 0 Å². The molecular weight excluding hydrogens is 318 g/mol. The summed E-state index contributed by atoms with van der Waals surface area (Å²) in [6.07, 6.45) is 3.51. The minimum Gasteiger partial charge on any atom is -0.489 e. The number of rotatable bonds is 7. The van der Waals surface area contributed by atoms with E-state index in [1.807, 2.05) is 24.3 Å². The summed E-state index contributed by atoms with van der Waals surface area (Å²) < 4.78 is 11.0. The Labute approximate surface area is 147 Å². The molecule has 1 aliphatic heterocycles. The number of carbonyl (C=O) groups is 1. The Balaban J connectivity index is 1.42. The highest BCUT2D eigenvalue weighted by Gasteiger charge is 2.11. The second-order valence-corrected chi connectivity index (χ2v) is 5.88. The second kappa shape index (κ2) is 9.15. The summed E-state index contributed by atoms with van der Waals surface area (Å²) in [5.74, 6) is 0.667. The average molecular weight is 341 g/mol. The summed E-state index contributed by atoms with van der Waals surface area (Å²) in [7, 11) is 0. The molecule has 0 atom stereocenters. The maximum absolute atomic E-state index is 12.2. The Morgan fingerprint density at radius 3 is 2.72 bits per heavy atom. The van der Waals surface area contributed by atoms with E-state index in [1.54, 1.807) is 24.5 Å². The highest BCUT2D eigenvalue weighted by atomic mass is 16.5. The molecule has 1 aliphatic rings. The van der Waals surface area contributed by atoms with Gasteiger partial charge >= 0.3 is 0 Å². The first-order valence-electron chi connectivity index (χ1n) is 8.51. The van der Waals surface area contributed by atoms with Gasteiger partial charge in [0.25, 0.3) is 5.91 Å². The van der Waals surface area contributed by atoms with E-state index in [4.69, 9.17) is 9.47 Å². The molecule has 1 aromatic heterocycles. The zero-order chi connectivity index (χ0) is 17.3. The number of hydrogen-bond acceptors (Lipinski definition) is 5. The van der Waals surface area contributed by atoms with Crippen molar-refractivity contribution in [2.24, 2.45) is 0 Å². The number of pyridine rings is 1. The van der Waals surface area contributed by atoms with Gasteiger partial charge in [-0.2, -0.15) is 0 Å². The second-order valence-electron chi connectivity index (χ2n) is 5.88. The molecule has 0 spiro atoms. The van der Waals surface area contributed by atoms with Gasteiger partial charge in [0, 0.05) is 49.7 Å². The molecule has 0 unspecified atom stereocenters. The predicted molar refractivity (Wildman–Crippen MR) is 94.6 cm³/mol. The molecular formula is C19H23N3O3. The Morgan fingerprint density at radius 2 is 2.00 bits per heavy atom. The molecule has 1 N–H and O–H groups in total. The number of amides is 1. The molecule has 132 valence electrons. The number of nitrogens with one attached hydrogen (secondary N) is 1. The predicted octanol–water partition coefficient (Wildman–Crippen LogP) is 1.72. The van der Waals surface area contributed by atoms with Gasteiger partial charge in [-0.3, -0.25) is 14.7 Å². The third-order valence-corrected chi connectivity index (χ3v) is 4.06. The molecule has 1 saturated heterocycles. The van der Waals surface area contributed by atoms with Crippen LogP contribution in [0.3, 0.4) is 0 Å². The van der Waals surface area contributed by atoms with Crippen LogP contribution >= 0.6 is 0 Å². The highest BCUT2D eigenvalue weighted by Crippen LogP contribution is 2.14. The van der Waals surface area contributed by atoms with Crippen molar-refractivity contribution < 1.29 is 14.3 Å². The molecule has 1 aromatic carbocycles. The van der Waals surface area contributed by atoms with Crippen molar-refractivity contribution in [2.75, 3.05) is 39.4 Å². The first-order chi connectivity index (χ1) is 12.3. The Bertz CT molecular complexity index is 655. The lowest BCUT2D eigenvalue weighted by molar-refractivity contribution is 0.0383. The quantitative estimate of drug-likeness (QED) is 0.831. The normalized spacial score (nSPS) is 14.9. The summed E-state index contributed by atoms with van der Waals surface area (Å²) in [6, 6.07) is 11.0. The van der Waals surface area contributed by atoms with E-state index in [0.717, 1.165) is 44.2 Å². The molecule has 0 radical (unpaired) electrons. The van der Waals surface area contributed by atoms with Crippen molar-refractivity contribution in [3.63, 3.8) is 0 Å². The van der Waals surface area contributed by atoms with Crippen LogP contribution < -0.4 is 10.1 Å². The van der Waals surface area contributed by atoms with E-state index in [9.17, 15) is 4.79 Å². The fourth-order valence-electron chi connectivity index (χ4n) is 2.61. The van der Waals surface area contributed by atoms with E-state index in [-0.39, 0.29) is 5.91 Å². The molecule has 2 heterocycles. The molecule has 0 saturated carbocycles. The lowest BCUT2D eigenvalue weighted by Gasteiger charge is -2.26. The largest absolute Gasteiger partial charge is 0.489 e. The van der Waals surface area contributed by atoms with Gasteiger partial charge in [0.1, 0.15) is 12.4 Å². The number of ether oxygens (including phenoxy) is 2. The summed E-state index contributed by atoms with van der Waals surface area (Å²) in [5.41, 5.74) is 1.64. The fourth-order valence-corrected chi connectivity index (χ4v) is 2.61. The van der Waals surface area contributed by atoms with Crippen LogP contribution in [0.15, 0.2) is 48.8 Å². The number of aromatic nitrogens is 1. The maximum Gasteiger partial charge on any atom is 0.251 e. The average Bonchev–Trinajstić information content (AvgIpc) is 2.68. The standard InChI is InChI=1S/C19H23N3O3/c23-19(21-8-9-22-10-12-24-13-11-22)17-3-5-18(6-4-17)25-15-16-2-1-7-20-14-16/h1-7,14H,8-13,15H2,(H,21,23). The van der Waals surface area contributed by atoms with Crippen molar-refractivity contribution in [1.82, 2.24) is 15.2 Å². The van der Waals surface area contributed by atoms with Gasteiger partial charge < -0.3 is 14.8 Å². The van der Waals surface area contributed by atoms with Crippen molar-refractivity contribution in [1.29, 1.82) is 0 Å². The summed E-state index contributed by atoms with van der Waals surface area (Å²) in [6.45, 7) is 5.35. The molecule has 6 heteroatoms. The number of morpholine rings is 1. The van der Waals surface area contributed by atoms with Gasteiger partial charge in [0.15, 0.2) is 0 Å². The van der Waals surface area contributed by atoms with Crippen LogP contribution in [0, 0.1) is 0 Å². The fraction of sp³-hybridized carbons (Fsp3) is 0.368. The maximum atomic E-state index is 12.2. The van der Waals surface area contributed by atoms with Gasteiger partial charge in [-0.05, 0) is 30.3 Å². The van der Waals surface area contributed by atoms with Crippen LogP contribution in [-0.4, -0.2) is 55.2 Å². The van der Waals surface area contributed by atoms with Crippen molar-refractivity contribution in [3.8, 4) is 5.75 Å². The zero-order valence-electron chi connectivity index (χ0n) is 14.2. The van der Waals surface area contributed by atoms with Crippen molar-refractivity contribution in [2.45, 2.75) is 6.61 Å². The van der Waals surface area contributed by atoms with Crippen LogP contribution in [0.2, 0.25) is 0 Å². The summed E-state index contributed by atoms with van der Waals surface area (Å²) in [5, 5.41) is 2.95. The van der Waals surface area contributed by atoms with Crippen LogP contribution in [0.1, 0.15) is 15.9 Å². The van der Waals surface area contributed by atoms with E-state index >= 15 is 0 Å². The van der Waals surface area contributed by atoms with E-state index < -0.39 is 0 Å². The molecule has 1 fully saturated rings. The van der Waals surface area contributed by atoms with E-state index in [2.05, 4.69) is 15.2 Å². The van der Waals surface area contributed by atoms with Crippen LogP contribution in [0.4, 0.5) is 0 Å². The monoisotopic (exact) mass is 341 g/mol. The van der Waals surface area contributed by atoms with Crippen molar-refractivity contribution >= 4 is 5.91 Å². The Hall–Kier alpha value is -2.44. The molecule has 0 aliphatic carbocycles. The lowest BCUT2D eigenvalue weighted by atomic mass is 10.2. The highest BCUT2D eigenvalue weighted by molar-refractivity contribution is 5.94. The number of nitrogens with zero attached hydrogens (tertiary/aromatic N) is 2. The molecule has 1 amide bonds. The Morgan fingerprint density at radius 1 is 1.20 bits per heavy atom. The van der Waals surface area contributed by atoms with Gasteiger partial charge in [-0.25, -0.2) is 0 Å². The Kier molecular flexibility index (Phi) is 6.36. The SMILES string of the molecule is O=C(NCCN1CCOCC1)c1ccc(OCc2cccnc2)cc1. The smallest absolute Gasteiger partial charge is 0.251 e. The summed E-state index contributed by atoms with van der Waals surface area (Å²) in [4.78, 5) is 18.5. The minimum atomic E-state index is -0.0629. The van der Waals surface area contributed by atoms with Gasteiger partial charge in [-0.15, -0.1) is 0 Å². The van der Waals surface area contributed by atoms with Gasteiger partial charge in [0.05, 0.1) is 13.2 Å². The first-order valence-corrected chi connectivity index (χ1v) is 8.51. The zero-order valence-corrected chi connectivity index (χ0v) is 14.2. The molecule has 6 nitrogen and oxygen atoms in total. The van der Waals surface area contributed by atoms with Crippen LogP contribution in [0.5, 0.6) is 5.75 Å². The third kappa shape index (κ3) is 5.55. The van der Waals surface area contributed by atoms with Crippen LogP contribution in [-0.2, 0) is 11.3 Å².